The monoisotopic (exact) mass is 356 g/mol. The molecule has 4 rings (SSSR count). The molecule has 0 spiro atoms. The van der Waals surface area contributed by atoms with Crippen LogP contribution in [0.1, 0.15) is 16.8 Å². The van der Waals surface area contributed by atoms with Crippen molar-refractivity contribution in [3.63, 3.8) is 0 Å². The normalized spacial score (nSPS) is 10.9. The Bertz CT molecular complexity index is 1080. The quantitative estimate of drug-likeness (QED) is 0.589. The van der Waals surface area contributed by atoms with Gasteiger partial charge in [-0.05, 0) is 24.1 Å². The number of fused-ring (bicyclic) bond motifs is 1. The molecule has 4 aromatic rings. The lowest BCUT2D eigenvalue weighted by Crippen LogP contribution is -2.18. The van der Waals surface area contributed by atoms with E-state index in [-0.39, 0.29) is 12.3 Å². The topological polar surface area (TPSA) is 59.8 Å². The van der Waals surface area contributed by atoms with Crippen molar-refractivity contribution in [2.45, 2.75) is 19.9 Å². The van der Waals surface area contributed by atoms with Crippen molar-refractivity contribution >= 4 is 22.6 Å². The lowest BCUT2D eigenvalue weighted by molar-refractivity contribution is -0.115. The minimum Gasteiger partial charge on any atom is -0.311 e. The van der Waals surface area contributed by atoms with Gasteiger partial charge in [-0.15, -0.1) is 0 Å². The zero-order chi connectivity index (χ0) is 18.6. The molecule has 2 aromatic heterocycles. The molecule has 27 heavy (non-hydrogen) atoms. The number of pyridine rings is 1. The van der Waals surface area contributed by atoms with Gasteiger partial charge in [0.25, 0.3) is 0 Å². The summed E-state index contributed by atoms with van der Waals surface area (Å²) in [7, 11) is 0. The third-order valence-corrected chi connectivity index (χ3v) is 4.41. The van der Waals surface area contributed by atoms with E-state index in [9.17, 15) is 4.79 Å². The molecule has 5 heteroatoms. The van der Waals surface area contributed by atoms with Gasteiger partial charge in [0.05, 0.1) is 24.2 Å². The fourth-order valence-corrected chi connectivity index (χ4v) is 3.19. The van der Waals surface area contributed by atoms with E-state index in [1.165, 1.54) is 0 Å². The number of hydrogen-bond acceptors (Lipinski definition) is 3. The van der Waals surface area contributed by atoms with Crippen molar-refractivity contribution in [1.82, 2.24) is 14.8 Å². The van der Waals surface area contributed by atoms with Crippen molar-refractivity contribution in [1.29, 1.82) is 0 Å². The Labute approximate surface area is 157 Å². The van der Waals surface area contributed by atoms with Gasteiger partial charge in [0.2, 0.25) is 5.91 Å². The fraction of sp³-hybridized carbons (Fsp3) is 0.136. The third-order valence-electron chi connectivity index (χ3n) is 4.41. The second-order valence-corrected chi connectivity index (χ2v) is 6.53. The minimum atomic E-state index is -0.0811. The number of benzene rings is 2. The van der Waals surface area contributed by atoms with Crippen LogP contribution < -0.4 is 5.32 Å². The predicted octanol–water partition coefficient (Wildman–Crippen LogP) is 3.97. The van der Waals surface area contributed by atoms with Crippen LogP contribution in [0.25, 0.3) is 10.9 Å². The van der Waals surface area contributed by atoms with Crippen molar-refractivity contribution in [2.24, 2.45) is 0 Å². The molecule has 0 bridgehead atoms. The highest BCUT2D eigenvalue weighted by Crippen LogP contribution is 2.18. The van der Waals surface area contributed by atoms with Crippen LogP contribution >= 0.6 is 0 Å². The Balaban J connectivity index is 1.53. The van der Waals surface area contributed by atoms with Gasteiger partial charge < -0.3 is 5.32 Å². The molecular weight excluding hydrogens is 336 g/mol. The number of aromatic nitrogens is 3. The molecule has 5 nitrogen and oxygen atoms in total. The lowest BCUT2D eigenvalue weighted by Gasteiger charge is -2.10. The van der Waals surface area contributed by atoms with Crippen LogP contribution in [0, 0.1) is 6.92 Å². The highest BCUT2D eigenvalue weighted by atomic mass is 16.1. The van der Waals surface area contributed by atoms with Gasteiger partial charge in [-0.25, -0.2) is 4.68 Å². The van der Waals surface area contributed by atoms with Gasteiger partial charge in [-0.3, -0.25) is 9.78 Å². The smallest absolute Gasteiger partial charge is 0.230 e. The summed E-state index contributed by atoms with van der Waals surface area (Å²) in [5.41, 5.74) is 3.78. The number of para-hydroxylation sites is 1. The van der Waals surface area contributed by atoms with E-state index in [1.807, 2.05) is 78.3 Å². The van der Waals surface area contributed by atoms with E-state index >= 15 is 0 Å². The summed E-state index contributed by atoms with van der Waals surface area (Å²) in [6.45, 7) is 2.53. The molecular formula is C22H20N4O. The Morgan fingerprint density at radius 3 is 2.70 bits per heavy atom. The van der Waals surface area contributed by atoms with Gasteiger partial charge in [0.1, 0.15) is 5.82 Å². The Hall–Kier alpha value is -3.47. The maximum Gasteiger partial charge on any atom is 0.230 e. The minimum absolute atomic E-state index is 0.0811. The summed E-state index contributed by atoms with van der Waals surface area (Å²) in [6.07, 6.45) is 2.02. The molecule has 0 unspecified atom stereocenters. The SMILES string of the molecule is Cc1cc(NC(=O)Cc2cccc3cccnc23)n(Cc2ccccc2)n1. The van der Waals surface area contributed by atoms with Crippen LogP contribution in [0.4, 0.5) is 5.82 Å². The first-order valence-electron chi connectivity index (χ1n) is 8.90. The molecule has 1 N–H and O–H groups in total. The average molecular weight is 356 g/mol. The number of hydrogen-bond donors (Lipinski definition) is 1. The summed E-state index contributed by atoms with van der Waals surface area (Å²) in [4.78, 5) is 17.1. The molecule has 0 aliphatic carbocycles. The number of carbonyl (C=O) groups is 1. The van der Waals surface area contributed by atoms with E-state index in [0.717, 1.165) is 27.7 Å². The van der Waals surface area contributed by atoms with Crippen molar-refractivity contribution in [3.05, 3.63) is 89.7 Å². The van der Waals surface area contributed by atoms with Crippen LogP contribution in [0.3, 0.4) is 0 Å². The summed E-state index contributed by atoms with van der Waals surface area (Å²) >= 11 is 0. The van der Waals surface area contributed by atoms with Crippen molar-refractivity contribution < 1.29 is 4.79 Å². The maximum atomic E-state index is 12.7. The van der Waals surface area contributed by atoms with Crippen molar-refractivity contribution in [2.75, 3.05) is 5.32 Å². The molecule has 0 fully saturated rings. The molecule has 0 aliphatic heterocycles. The van der Waals surface area contributed by atoms with Gasteiger partial charge in [-0.1, -0.05) is 54.6 Å². The molecule has 1 amide bonds. The molecule has 2 heterocycles. The van der Waals surface area contributed by atoms with Gasteiger partial charge in [-0.2, -0.15) is 5.10 Å². The Morgan fingerprint density at radius 2 is 1.85 bits per heavy atom. The fourth-order valence-electron chi connectivity index (χ4n) is 3.19. The van der Waals surface area contributed by atoms with Crippen LogP contribution in [-0.4, -0.2) is 20.7 Å². The number of nitrogens with zero attached hydrogens (tertiary/aromatic N) is 3. The first-order chi connectivity index (χ1) is 13.2. The zero-order valence-electron chi connectivity index (χ0n) is 15.1. The zero-order valence-corrected chi connectivity index (χ0v) is 15.1. The summed E-state index contributed by atoms with van der Waals surface area (Å²) in [5, 5.41) is 8.54. The molecule has 0 radical (unpaired) electrons. The highest BCUT2D eigenvalue weighted by Gasteiger charge is 2.12. The summed E-state index contributed by atoms with van der Waals surface area (Å²) in [6, 6.07) is 21.8. The van der Waals surface area contributed by atoms with E-state index in [2.05, 4.69) is 15.4 Å². The molecule has 2 aromatic carbocycles. The number of nitrogens with one attached hydrogen (secondary N) is 1. The van der Waals surface area contributed by atoms with Crippen molar-refractivity contribution in [3.8, 4) is 0 Å². The number of rotatable bonds is 5. The molecule has 0 saturated carbocycles. The molecule has 0 atom stereocenters. The number of carbonyl (C=O) groups excluding carboxylic acids is 1. The Kier molecular flexibility index (Phi) is 4.66. The van der Waals surface area contributed by atoms with E-state index < -0.39 is 0 Å². The third kappa shape index (κ3) is 3.87. The van der Waals surface area contributed by atoms with Gasteiger partial charge >= 0.3 is 0 Å². The average Bonchev–Trinajstić information content (AvgIpc) is 3.01. The van der Waals surface area contributed by atoms with E-state index in [0.29, 0.717) is 12.4 Å². The molecule has 0 saturated heterocycles. The largest absolute Gasteiger partial charge is 0.311 e. The first kappa shape index (κ1) is 17.0. The second-order valence-electron chi connectivity index (χ2n) is 6.53. The first-order valence-corrected chi connectivity index (χ1v) is 8.90. The van der Waals surface area contributed by atoms with Gasteiger partial charge in [0.15, 0.2) is 0 Å². The van der Waals surface area contributed by atoms with Crippen LogP contribution in [0.15, 0.2) is 72.9 Å². The van der Waals surface area contributed by atoms with Crippen LogP contribution in [-0.2, 0) is 17.8 Å². The van der Waals surface area contributed by atoms with Crippen LogP contribution in [0.2, 0.25) is 0 Å². The lowest BCUT2D eigenvalue weighted by atomic mass is 10.1. The predicted molar refractivity (Wildman–Crippen MR) is 107 cm³/mol. The standard InChI is InChI=1S/C22H20N4O/c1-16-13-20(26(25-16)15-17-7-3-2-4-8-17)24-21(27)14-19-10-5-9-18-11-6-12-23-22(18)19/h2-13H,14-15H2,1H3,(H,24,27). The number of anilines is 1. The van der Waals surface area contributed by atoms with E-state index in [4.69, 9.17) is 0 Å². The molecule has 134 valence electrons. The van der Waals surface area contributed by atoms with Gasteiger partial charge in [0, 0.05) is 17.6 Å². The molecule has 0 aliphatic rings. The Morgan fingerprint density at radius 1 is 1.04 bits per heavy atom. The van der Waals surface area contributed by atoms with E-state index in [1.54, 1.807) is 6.20 Å². The van der Waals surface area contributed by atoms with Crippen LogP contribution in [0.5, 0.6) is 0 Å². The second kappa shape index (κ2) is 7.41. The summed E-state index contributed by atoms with van der Waals surface area (Å²) < 4.78 is 1.82. The highest BCUT2D eigenvalue weighted by molar-refractivity contribution is 5.94. The number of aryl methyl sites for hydroxylation is 1. The maximum absolute atomic E-state index is 12.7. The summed E-state index contributed by atoms with van der Waals surface area (Å²) in [5.74, 6) is 0.622. The number of amides is 1.